The Morgan fingerprint density at radius 2 is 2.06 bits per heavy atom. The van der Waals surface area contributed by atoms with Gasteiger partial charge in [-0.15, -0.1) is 0 Å². The fraction of sp³-hybridized carbons (Fsp3) is 0.385. The van der Waals surface area contributed by atoms with Crippen molar-refractivity contribution < 1.29 is 9.59 Å². The molecule has 2 rings (SSSR count). The number of carbonyl (C=O) groups is 2. The minimum absolute atomic E-state index is 0.00547. The quantitative estimate of drug-likeness (QED) is 0.729. The summed E-state index contributed by atoms with van der Waals surface area (Å²) in [6.07, 6.45) is 0. The summed E-state index contributed by atoms with van der Waals surface area (Å²) in [7, 11) is 1.59. The Morgan fingerprint density at radius 1 is 1.33 bits per heavy atom. The smallest absolute Gasteiger partial charge is 0.251 e. The molecule has 5 nitrogen and oxygen atoms in total. The minimum Gasteiger partial charge on any atom is -0.355 e. The van der Waals surface area contributed by atoms with Crippen LogP contribution in [0.15, 0.2) is 18.2 Å². The number of rotatable bonds is 3. The van der Waals surface area contributed by atoms with Crippen LogP contribution in [0.2, 0.25) is 0 Å². The Morgan fingerprint density at radius 3 is 2.61 bits per heavy atom. The lowest BCUT2D eigenvalue weighted by Crippen LogP contribution is -2.48. The van der Waals surface area contributed by atoms with E-state index in [-0.39, 0.29) is 17.7 Å². The summed E-state index contributed by atoms with van der Waals surface area (Å²) in [5.74, 6) is -0.104. The lowest BCUT2D eigenvalue weighted by atomic mass is 10.0. The molecule has 0 aromatic heterocycles. The molecule has 0 spiro atoms. The maximum absolute atomic E-state index is 11.8. The van der Waals surface area contributed by atoms with Crippen LogP contribution in [0.25, 0.3) is 0 Å². The Hall–Kier alpha value is -1.88. The molecule has 0 saturated carbocycles. The molecule has 0 radical (unpaired) electrons. The van der Waals surface area contributed by atoms with Gasteiger partial charge in [-0.25, -0.2) is 0 Å². The van der Waals surface area contributed by atoms with E-state index >= 15 is 0 Å². The number of benzene rings is 1. The van der Waals surface area contributed by atoms with Crippen molar-refractivity contribution in [2.45, 2.75) is 6.92 Å². The summed E-state index contributed by atoms with van der Waals surface area (Å²) in [4.78, 5) is 23.5. The fourth-order valence-corrected chi connectivity index (χ4v) is 1.86. The molecule has 5 heteroatoms. The maximum Gasteiger partial charge on any atom is 0.251 e. The third kappa shape index (κ3) is 2.36. The second-order valence-electron chi connectivity index (χ2n) is 4.40. The summed E-state index contributed by atoms with van der Waals surface area (Å²) < 4.78 is 0. The molecule has 96 valence electrons. The summed E-state index contributed by atoms with van der Waals surface area (Å²) >= 11 is 0. The SMILES string of the molecule is CNC(=O)c1cccc(NC(=O)C2CNC2)c1C. The Balaban J connectivity index is 2.17. The van der Waals surface area contributed by atoms with Crippen LogP contribution in [0.1, 0.15) is 15.9 Å². The predicted molar refractivity (Wildman–Crippen MR) is 69.6 cm³/mol. The molecule has 1 aliphatic rings. The predicted octanol–water partition coefficient (Wildman–Crippen LogP) is 0.513. The van der Waals surface area contributed by atoms with Gasteiger partial charge >= 0.3 is 0 Å². The van der Waals surface area contributed by atoms with E-state index in [1.165, 1.54) is 0 Å². The van der Waals surface area contributed by atoms with E-state index in [9.17, 15) is 9.59 Å². The van der Waals surface area contributed by atoms with E-state index in [4.69, 9.17) is 0 Å². The van der Waals surface area contributed by atoms with E-state index in [1.807, 2.05) is 13.0 Å². The molecule has 1 aromatic carbocycles. The second kappa shape index (κ2) is 5.18. The number of nitrogens with one attached hydrogen (secondary N) is 3. The van der Waals surface area contributed by atoms with Crippen molar-refractivity contribution in [3.8, 4) is 0 Å². The Bertz CT molecular complexity index is 481. The average Bonchev–Trinajstić information content (AvgIpc) is 2.28. The molecule has 1 aromatic rings. The number of amides is 2. The zero-order valence-electron chi connectivity index (χ0n) is 10.5. The highest BCUT2D eigenvalue weighted by atomic mass is 16.2. The molecule has 18 heavy (non-hydrogen) atoms. The van der Waals surface area contributed by atoms with Crippen molar-refractivity contribution in [2.24, 2.45) is 5.92 Å². The molecular weight excluding hydrogens is 230 g/mol. The minimum atomic E-state index is -0.145. The number of hydrogen-bond acceptors (Lipinski definition) is 3. The van der Waals surface area contributed by atoms with Gasteiger partial charge in [0.2, 0.25) is 5.91 Å². The third-order valence-corrected chi connectivity index (χ3v) is 3.22. The lowest BCUT2D eigenvalue weighted by Gasteiger charge is -2.26. The molecule has 0 atom stereocenters. The molecule has 3 N–H and O–H groups in total. The fourth-order valence-electron chi connectivity index (χ4n) is 1.86. The van der Waals surface area contributed by atoms with Gasteiger partial charge in [-0.2, -0.15) is 0 Å². The molecule has 1 heterocycles. The molecule has 0 unspecified atom stereocenters. The standard InChI is InChI=1S/C13H17N3O2/c1-8-10(13(18)14-2)4-3-5-11(8)16-12(17)9-6-15-7-9/h3-5,9,15H,6-7H2,1-2H3,(H,14,18)(H,16,17). The van der Waals surface area contributed by atoms with E-state index in [1.54, 1.807) is 19.2 Å². The average molecular weight is 247 g/mol. The van der Waals surface area contributed by atoms with Gasteiger partial charge in [0.25, 0.3) is 5.91 Å². The first-order chi connectivity index (χ1) is 8.63. The van der Waals surface area contributed by atoms with Gasteiger partial charge in [0.1, 0.15) is 0 Å². The highest BCUT2D eigenvalue weighted by molar-refractivity contribution is 5.99. The van der Waals surface area contributed by atoms with Crippen molar-refractivity contribution in [1.29, 1.82) is 0 Å². The van der Waals surface area contributed by atoms with Crippen molar-refractivity contribution in [2.75, 3.05) is 25.5 Å². The second-order valence-corrected chi connectivity index (χ2v) is 4.40. The molecular formula is C13H17N3O2. The van der Waals surface area contributed by atoms with Crippen LogP contribution >= 0.6 is 0 Å². The van der Waals surface area contributed by atoms with Gasteiger partial charge < -0.3 is 16.0 Å². The van der Waals surface area contributed by atoms with Gasteiger partial charge in [-0.05, 0) is 24.6 Å². The van der Waals surface area contributed by atoms with E-state index < -0.39 is 0 Å². The third-order valence-electron chi connectivity index (χ3n) is 3.22. The largest absolute Gasteiger partial charge is 0.355 e. The van der Waals surface area contributed by atoms with Gasteiger partial charge in [-0.1, -0.05) is 6.07 Å². The lowest BCUT2D eigenvalue weighted by molar-refractivity contribution is -0.121. The molecule has 1 aliphatic heterocycles. The van der Waals surface area contributed by atoms with E-state index in [0.29, 0.717) is 11.3 Å². The van der Waals surface area contributed by atoms with Crippen molar-refractivity contribution in [1.82, 2.24) is 10.6 Å². The monoisotopic (exact) mass is 247 g/mol. The highest BCUT2D eigenvalue weighted by Crippen LogP contribution is 2.20. The molecule has 2 amide bonds. The van der Waals surface area contributed by atoms with E-state index in [2.05, 4.69) is 16.0 Å². The van der Waals surface area contributed by atoms with Crippen LogP contribution < -0.4 is 16.0 Å². The van der Waals surface area contributed by atoms with Crippen LogP contribution in [0.5, 0.6) is 0 Å². The first-order valence-corrected chi connectivity index (χ1v) is 5.96. The van der Waals surface area contributed by atoms with Crippen LogP contribution in [-0.2, 0) is 4.79 Å². The Kier molecular flexibility index (Phi) is 3.62. The number of hydrogen-bond donors (Lipinski definition) is 3. The summed E-state index contributed by atoms with van der Waals surface area (Å²) in [6.45, 7) is 3.28. The highest BCUT2D eigenvalue weighted by Gasteiger charge is 2.25. The molecule has 1 fully saturated rings. The van der Waals surface area contributed by atoms with Gasteiger partial charge in [0.15, 0.2) is 0 Å². The summed E-state index contributed by atoms with van der Waals surface area (Å²) in [6, 6.07) is 5.33. The molecule has 1 saturated heterocycles. The van der Waals surface area contributed by atoms with Crippen molar-refractivity contribution in [3.63, 3.8) is 0 Å². The zero-order chi connectivity index (χ0) is 13.1. The topological polar surface area (TPSA) is 70.2 Å². The maximum atomic E-state index is 11.8. The van der Waals surface area contributed by atoms with Crippen LogP contribution in [0.3, 0.4) is 0 Å². The van der Waals surface area contributed by atoms with Crippen LogP contribution in [-0.4, -0.2) is 32.0 Å². The normalized spacial score (nSPS) is 14.8. The summed E-state index contributed by atoms with van der Waals surface area (Å²) in [5, 5.41) is 8.51. The van der Waals surface area contributed by atoms with Gasteiger partial charge in [0, 0.05) is 31.4 Å². The van der Waals surface area contributed by atoms with Crippen LogP contribution in [0, 0.1) is 12.8 Å². The zero-order valence-corrected chi connectivity index (χ0v) is 10.5. The Labute approximate surface area is 106 Å². The first-order valence-electron chi connectivity index (χ1n) is 5.96. The molecule has 0 aliphatic carbocycles. The van der Waals surface area contributed by atoms with Gasteiger partial charge in [-0.3, -0.25) is 9.59 Å². The van der Waals surface area contributed by atoms with Crippen molar-refractivity contribution in [3.05, 3.63) is 29.3 Å². The number of carbonyl (C=O) groups excluding carboxylic acids is 2. The molecule has 0 bridgehead atoms. The number of anilines is 1. The van der Waals surface area contributed by atoms with Crippen LogP contribution in [0.4, 0.5) is 5.69 Å². The first kappa shape index (κ1) is 12.6. The van der Waals surface area contributed by atoms with E-state index in [0.717, 1.165) is 18.7 Å². The summed E-state index contributed by atoms with van der Waals surface area (Å²) in [5.41, 5.74) is 2.08. The van der Waals surface area contributed by atoms with Gasteiger partial charge in [0.05, 0.1) is 5.92 Å². The van der Waals surface area contributed by atoms with Crippen molar-refractivity contribution >= 4 is 17.5 Å².